The van der Waals surface area contributed by atoms with E-state index in [2.05, 4.69) is 4.74 Å². The van der Waals surface area contributed by atoms with Crippen LogP contribution in [0.3, 0.4) is 0 Å². The minimum absolute atomic E-state index is 0.0528. The van der Waals surface area contributed by atoms with E-state index in [4.69, 9.17) is 16.3 Å². The predicted molar refractivity (Wildman–Crippen MR) is 86.9 cm³/mol. The Kier molecular flexibility index (Phi) is 5.98. The van der Waals surface area contributed by atoms with Crippen molar-refractivity contribution in [3.05, 3.63) is 58.6 Å². The molecule has 2 aromatic carbocycles. The van der Waals surface area contributed by atoms with Gasteiger partial charge in [0.1, 0.15) is 0 Å². The molecule has 2 aromatic rings. The summed E-state index contributed by atoms with van der Waals surface area (Å²) < 4.78 is 34.1. The molecule has 4 nitrogen and oxygen atoms in total. The predicted octanol–water partition coefficient (Wildman–Crippen LogP) is 4.22. The first kappa shape index (κ1) is 18.0. The molecule has 0 saturated carbocycles. The van der Waals surface area contributed by atoms with Crippen molar-refractivity contribution in [1.82, 2.24) is 4.90 Å². The summed E-state index contributed by atoms with van der Waals surface area (Å²) in [4.78, 5) is 13.9. The van der Waals surface area contributed by atoms with Crippen LogP contribution in [0.2, 0.25) is 5.02 Å². The van der Waals surface area contributed by atoms with Gasteiger partial charge in [-0.3, -0.25) is 4.79 Å². The smallest absolute Gasteiger partial charge is 0.387 e. The molecule has 0 unspecified atom stereocenters. The summed E-state index contributed by atoms with van der Waals surface area (Å²) in [6.45, 7) is -2.65. The average molecular weight is 356 g/mol. The Balaban J connectivity index is 2.12. The van der Waals surface area contributed by atoms with Crippen LogP contribution in [0.4, 0.5) is 8.78 Å². The number of benzene rings is 2. The summed E-state index contributed by atoms with van der Waals surface area (Å²) in [5.74, 6) is -0.0541. The number of ether oxygens (including phenoxy) is 2. The molecule has 2 rings (SSSR count). The second-order valence-corrected chi connectivity index (χ2v) is 5.47. The van der Waals surface area contributed by atoms with Gasteiger partial charge in [0.25, 0.3) is 5.91 Å². The molecule has 0 fully saturated rings. The van der Waals surface area contributed by atoms with Gasteiger partial charge in [-0.1, -0.05) is 17.7 Å². The number of amides is 1. The summed E-state index contributed by atoms with van der Waals surface area (Å²) in [6, 6.07) is 11.1. The molecule has 7 heteroatoms. The second kappa shape index (κ2) is 7.97. The summed E-state index contributed by atoms with van der Waals surface area (Å²) in [5, 5.41) is 0.550. The van der Waals surface area contributed by atoms with E-state index >= 15 is 0 Å². The summed E-state index contributed by atoms with van der Waals surface area (Å²) >= 11 is 5.81. The van der Waals surface area contributed by atoms with Gasteiger partial charge in [0, 0.05) is 24.2 Å². The SMILES string of the molecule is COc1cc(CN(C)C(=O)c2ccc(Cl)cc2)ccc1OC(F)F. The van der Waals surface area contributed by atoms with Crippen molar-refractivity contribution >= 4 is 17.5 Å². The van der Waals surface area contributed by atoms with Crippen molar-refractivity contribution < 1.29 is 23.0 Å². The van der Waals surface area contributed by atoms with E-state index in [1.54, 1.807) is 43.4 Å². The van der Waals surface area contributed by atoms with Crippen LogP contribution in [0.1, 0.15) is 15.9 Å². The Labute approximate surface area is 143 Å². The Morgan fingerprint density at radius 3 is 2.42 bits per heavy atom. The highest BCUT2D eigenvalue weighted by Gasteiger charge is 2.15. The summed E-state index contributed by atoms with van der Waals surface area (Å²) in [5.41, 5.74) is 1.23. The maximum atomic E-state index is 12.4. The van der Waals surface area contributed by atoms with Crippen molar-refractivity contribution in [2.75, 3.05) is 14.2 Å². The zero-order valence-corrected chi connectivity index (χ0v) is 13.9. The summed E-state index contributed by atoms with van der Waals surface area (Å²) in [7, 11) is 3.01. The lowest BCUT2D eigenvalue weighted by molar-refractivity contribution is -0.0512. The van der Waals surface area contributed by atoms with Crippen molar-refractivity contribution in [3.63, 3.8) is 0 Å². The topological polar surface area (TPSA) is 38.8 Å². The molecule has 0 saturated heterocycles. The molecule has 0 atom stereocenters. The lowest BCUT2D eigenvalue weighted by atomic mass is 10.1. The van der Waals surface area contributed by atoms with Gasteiger partial charge in [-0.05, 0) is 42.0 Å². The number of nitrogens with zero attached hydrogens (tertiary/aromatic N) is 1. The van der Waals surface area contributed by atoms with Crippen LogP contribution >= 0.6 is 11.6 Å². The number of rotatable bonds is 6. The standard InChI is InChI=1S/C17H16ClF2NO3/c1-21(16(22)12-4-6-13(18)7-5-12)10-11-3-8-14(24-17(19)20)15(9-11)23-2/h3-9,17H,10H2,1-2H3. The van der Waals surface area contributed by atoms with Gasteiger partial charge in [0.15, 0.2) is 11.5 Å². The third-order valence-corrected chi connectivity index (χ3v) is 3.55. The molecule has 0 aliphatic carbocycles. The lowest BCUT2D eigenvalue weighted by Crippen LogP contribution is -2.26. The molecule has 0 heterocycles. The van der Waals surface area contributed by atoms with E-state index in [9.17, 15) is 13.6 Å². The first-order chi connectivity index (χ1) is 11.4. The number of alkyl halides is 2. The molecule has 1 amide bonds. The largest absolute Gasteiger partial charge is 0.493 e. The number of carbonyl (C=O) groups is 1. The molecule has 0 aliphatic heterocycles. The third kappa shape index (κ3) is 4.58. The second-order valence-electron chi connectivity index (χ2n) is 5.03. The zero-order chi connectivity index (χ0) is 17.7. The zero-order valence-electron chi connectivity index (χ0n) is 13.1. The van der Waals surface area contributed by atoms with E-state index in [-0.39, 0.29) is 24.0 Å². The summed E-state index contributed by atoms with van der Waals surface area (Å²) in [6.07, 6.45) is 0. The molecule has 128 valence electrons. The Hall–Kier alpha value is -2.34. The normalized spacial score (nSPS) is 10.6. The van der Waals surface area contributed by atoms with Gasteiger partial charge in [0.05, 0.1) is 7.11 Å². The Morgan fingerprint density at radius 2 is 1.83 bits per heavy atom. The van der Waals surface area contributed by atoms with Crippen molar-refractivity contribution in [1.29, 1.82) is 0 Å². The van der Waals surface area contributed by atoms with Gasteiger partial charge < -0.3 is 14.4 Å². The molecule has 0 spiro atoms. The van der Waals surface area contributed by atoms with Crippen molar-refractivity contribution in [2.45, 2.75) is 13.2 Å². The van der Waals surface area contributed by atoms with Crippen LogP contribution in [-0.2, 0) is 6.54 Å². The van der Waals surface area contributed by atoms with Crippen LogP contribution in [0.15, 0.2) is 42.5 Å². The first-order valence-corrected chi connectivity index (χ1v) is 7.41. The Morgan fingerprint density at radius 1 is 1.17 bits per heavy atom. The third-order valence-electron chi connectivity index (χ3n) is 3.30. The van der Waals surface area contributed by atoms with Crippen LogP contribution in [0.5, 0.6) is 11.5 Å². The maximum Gasteiger partial charge on any atom is 0.387 e. The average Bonchev–Trinajstić information content (AvgIpc) is 2.55. The minimum Gasteiger partial charge on any atom is -0.493 e. The van der Waals surface area contributed by atoms with Crippen LogP contribution in [-0.4, -0.2) is 31.6 Å². The van der Waals surface area contributed by atoms with Gasteiger partial charge >= 0.3 is 6.61 Å². The van der Waals surface area contributed by atoms with Crippen LogP contribution in [0, 0.1) is 0 Å². The van der Waals surface area contributed by atoms with Crippen molar-refractivity contribution in [3.8, 4) is 11.5 Å². The molecule has 24 heavy (non-hydrogen) atoms. The van der Waals surface area contributed by atoms with Gasteiger partial charge in [-0.25, -0.2) is 0 Å². The van der Waals surface area contributed by atoms with E-state index in [1.807, 2.05) is 0 Å². The highest BCUT2D eigenvalue weighted by molar-refractivity contribution is 6.30. The van der Waals surface area contributed by atoms with E-state index < -0.39 is 6.61 Å². The monoisotopic (exact) mass is 355 g/mol. The van der Waals surface area contributed by atoms with Gasteiger partial charge in [-0.15, -0.1) is 0 Å². The minimum atomic E-state index is -2.93. The fourth-order valence-electron chi connectivity index (χ4n) is 2.16. The van der Waals surface area contributed by atoms with E-state index in [0.29, 0.717) is 10.6 Å². The molecular weight excluding hydrogens is 340 g/mol. The number of hydrogen-bond donors (Lipinski definition) is 0. The molecule has 0 aliphatic rings. The maximum absolute atomic E-state index is 12.4. The number of halogens is 3. The highest BCUT2D eigenvalue weighted by Crippen LogP contribution is 2.30. The molecule has 0 aromatic heterocycles. The quantitative estimate of drug-likeness (QED) is 0.778. The molecular formula is C17H16ClF2NO3. The van der Waals surface area contributed by atoms with Crippen molar-refractivity contribution in [2.24, 2.45) is 0 Å². The highest BCUT2D eigenvalue weighted by atomic mass is 35.5. The lowest BCUT2D eigenvalue weighted by Gasteiger charge is -2.18. The molecule has 0 radical (unpaired) electrons. The number of methoxy groups -OCH3 is 1. The Bertz CT molecular complexity index is 707. The fraction of sp³-hybridized carbons (Fsp3) is 0.235. The fourth-order valence-corrected chi connectivity index (χ4v) is 2.29. The van der Waals surface area contributed by atoms with Crippen LogP contribution in [0.25, 0.3) is 0 Å². The van der Waals surface area contributed by atoms with Gasteiger partial charge in [0.2, 0.25) is 0 Å². The van der Waals surface area contributed by atoms with E-state index in [1.165, 1.54) is 18.1 Å². The van der Waals surface area contributed by atoms with Gasteiger partial charge in [-0.2, -0.15) is 8.78 Å². The van der Waals surface area contributed by atoms with Crippen LogP contribution < -0.4 is 9.47 Å². The molecule has 0 N–H and O–H groups in total. The molecule has 0 bridgehead atoms. The number of carbonyl (C=O) groups excluding carboxylic acids is 1. The van der Waals surface area contributed by atoms with E-state index in [0.717, 1.165) is 5.56 Å². The number of hydrogen-bond acceptors (Lipinski definition) is 3. The first-order valence-electron chi connectivity index (χ1n) is 7.03.